The summed E-state index contributed by atoms with van der Waals surface area (Å²) in [5.41, 5.74) is 7.41. The zero-order chi connectivity index (χ0) is 24.3. The van der Waals surface area contributed by atoms with E-state index in [1.54, 1.807) is 0 Å². The van der Waals surface area contributed by atoms with Crippen molar-refractivity contribution in [3.63, 3.8) is 0 Å². The van der Waals surface area contributed by atoms with Crippen LogP contribution in [-0.4, -0.2) is 4.40 Å². The van der Waals surface area contributed by atoms with Gasteiger partial charge in [-0.25, -0.2) is 0 Å². The minimum atomic E-state index is 1.21. The van der Waals surface area contributed by atoms with Crippen LogP contribution in [0.1, 0.15) is 0 Å². The van der Waals surface area contributed by atoms with Crippen molar-refractivity contribution >= 4 is 48.7 Å². The molecule has 172 valence electrons. The number of aromatic nitrogens is 1. The first-order valence-corrected chi connectivity index (χ1v) is 12.8. The molecule has 1 heteroatoms. The third-order valence-electron chi connectivity index (χ3n) is 7.74. The maximum Gasteiger partial charge on any atom is 0.0626 e. The average molecular weight is 470 g/mol. The van der Waals surface area contributed by atoms with Crippen LogP contribution in [0.4, 0.5) is 0 Å². The van der Waals surface area contributed by atoms with Gasteiger partial charge in [0.05, 0.1) is 16.7 Å². The standard InChI is InChI=1S/C36H23N/c1-3-13-24(14-4-1)31-23-33(25-15-5-2-6-16-25)37-32-22-12-11-21-30(32)34-28-19-9-7-17-26(28)27-18-8-10-20-29(27)35(34)36(31)37/h1-23H. The Balaban J connectivity index is 1.76. The highest BCUT2D eigenvalue weighted by Crippen LogP contribution is 2.46. The molecule has 0 radical (unpaired) electrons. The van der Waals surface area contributed by atoms with Crippen molar-refractivity contribution in [1.82, 2.24) is 4.40 Å². The lowest BCUT2D eigenvalue weighted by Crippen LogP contribution is -1.95. The molecule has 0 amide bonds. The molecule has 6 aromatic carbocycles. The molecule has 2 heterocycles. The summed E-state index contributed by atoms with van der Waals surface area (Å²) >= 11 is 0. The molecule has 8 aromatic rings. The van der Waals surface area contributed by atoms with Crippen LogP contribution >= 0.6 is 0 Å². The first-order valence-electron chi connectivity index (χ1n) is 12.8. The SMILES string of the molecule is c1ccc(-c2cc(-c3ccccc3)n3c4ccccc4c4c5ccccc5c5ccccc5c4c23)cc1. The summed E-state index contributed by atoms with van der Waals surface area (Å²) in [6.07, 6.45) is 0. The van der Waals surface area contributed by atoms with Crippen molar-refractivity contribution in [1.29, 1.82) is 0 Å². The summed E-state index contributed by atoms with van der Waals surface area (Å²) in [4.78, 5) is 0. The first kappa shape index (κ1) is 20.3. The third-order valence-corrected chi connectivity index (χ3v) is 7.74. The van der Waals surface area contributed by atoms with Crippen LogP contribution < -0.4 is 0 Å². The second kappa shape index (κ2) is 7.81. The fraction of sp³-hybridized carbons (Fsp3) is 0. The number of pyridine rings is 1. The quantitative estimate of drug-likeness (QED) is 0.222. The van der Waals surface area contributed by atoms with Gasteiger partial charge in [0.2, 0.25) is 0 Å². The maximum absolute atomic E-state index is 2.50. The Morgan fingerprint density at radius 1 is 0.378 bits per heavy atom. The Labute approximate surface area is 214 Å². The summed E-state index contributed by atoms with van der Waals surface area (Å²) in [7, 11) is 0. The smallest absolute Gasteiger partial charge is 0.0626 e. The summed E-state index contributed by atoms with van der Waals surface area (Å²) in [6.45, 7) is 0. The Bertz CT molecular complexity index is 2110. The molecule has 0 spiro atoms. The first-order chi connectivity index (χ1) is 18.4. The van der Waals surface area contributed by atoms with E-state index >= 15 is 0 Å². The Morgan fingerprint density at radius 2 is 0.865 bits per heavy atom. The number of hydrogen-bond donors (Lipinski definition) is 0. The van der Waals surface area contributed by atoms with Gasteiger partial charge in [-0.1, -0.05) is 127 Å². The maximum atomic E-state index is 2.50. The second-order valence-electron chi connectivity index (χ2n) is 9.72. The minimum Gasteiger partial charge on any atom is -0.308 e. The molecule has 0 aliphatic rings. The molecule has 37 heavy (non-hydrogen) atoms. The molecule has 0 aliphatic heterocycles. The van der Waals surface area contributed by atoms with Gasteiger partial charge in [-0.3, -0.25) is 0 Å². The molecule has 0 unspecified atom stereocenters. The van der Waals surface area contributed by atoms with Crippen molar-refractivity contribution < 1.29 is 0 Å². The summed E-state index contributed by atoms with van der Waals surface area (Å²) < 4.78 is 2.50. The van der Waals surface area contributed by atoms with Gasteiger partial charge in [-0.2, -0.15) is 0 Å². The van der Waals surface area contributed by atoms with E-state index in [0.717, 1.165) is 0 Å². The monoisotopic (exact) mass is 469 g/mol. The van der Waals surface area contributed by atoms with Gasteiger partial charge in [-0.15, -0.1) is 0 Å². The van der Waals surface area contributed by atoms with Crippen LogP contribution in [0.5, 0.6) is 0 Å². The average Bonchev–Trinajstić information content (AvgIpc) is 3.39. The number of nitrogens with zero attached hydrogens (tertiary/aromatic N) is 1. The van der Waals surface area contributed by atoms with E-state index in [4.69, 9.17) is 0 Å². The molecule has 0 N–H and O–H groups in total. The molecule has 0 bridgehead atoms. The van der Waals surface area contributed by atoms with Crippen molar-refractivity contribution in [2.75, 3.05) is 0 Å². The molecule has 1 nitrogen and oxygen atoms in total. The summed E-state index contributed by atoms with van der Waals surface area (Å²) in [6, 6.07) is 50.6. The van der Waals surface area contributed by atoms with Gasteiger partial charge in [0, 0.05) is 21.7 Å². The van der Waals surface area contributed by atoms with Crippen LogP contribution in [0.15, 0.2) is 140 Å². The molecule has 0 saturated heterocycles. The molecule has 0 aliphatic carbocycles. The van der Waals surface area contributed by atoms with Gasteiger partial charge in [0.15, 0.2) is 0 Å². The molecule has 0 saturated carbocycles. The van der Waals surface area contributed by atoms with Crippen molar-refractivity contribution in [2.45, 2.75) is 0 Å². The van der Waals surface area contributed by atoms with E-state index in [0.29, 0.717) is 0 Å². The summed E-state index contributed by atoms with van der Waals surface area (Å²) in [5.74, 6) is 0. The molecule has 8 rings (SSSR count). The highest BCUT2D eigenvalue weighted by molar-refractivity contribution is 6.36. The lowest BCUT2D eigenvalue weighted by atomic mass is 9.91. The Kier molecular flexibility index (Phi) is 4.29. The van der Waals surface area contributed by atoms with Crippen LogP contribution in [0.3, 0.4) is 0 Å². The predicted molar refractivity (Wildman–Crippen MR) is 158 cm³/mol. The van der Waals surface area contributed by atoms with Crippen LogP contribution in [0.25, 0.3) is 71.1 Å². The molecular weight excluding hydrogens is 446 g/mol. The molecule has 2 aromatic heterocycles. The largest absolute Gasteiger partial charge is 0.308 e. The van der Waals surface area contributed by atoms with E-state index in [2.05, 4.69) is 144 Å². The van der Waals surface area contributed by atoms with E-state index < -0.39 is 0 Å². The predicted octanol–water partition coefficient (Wildman–Crippen LogP) is 9.89. The lowest BCUT2D eigenvalue weighted by Gasteiger charge is -2.17. The van der Waals surface area contributed by atoms with Crippen molar-refractivity contribution in [2.24, 2.45) is 0 Å². The minimum absolute atomic E-state index is 1.21. The molecule has 0 atom stereocenters. The number of rotatable bonds is 2. The van der Waals surface area contributed by atoms with E-state index in [9.17, 15) is 0 Å². The highest BCUT2D eigenvalue weighted by Gasteiger charge is 2.21. The Morgan fingerprint density at radius 3 is 1.51 bits per heavy atom. The number of fused-ring (bicyclic) bond motifs is 11. The van der Waals surface area contributed by atoms with E-state index in [1.165, 1.54) is 71.1 Å². The normalized spacial score (nSPS) is 11.8. The van der Waals surface area contributed by atoms with E-state index in [1.807, 2.05) is 0 Å². The van der Waals surface area contributed by atoms with Gasteiger partial charge < -0.3 is 4.40 Å². The lowest BCUT2D eigenvalue weighted by molar-refractivity contribution is 1.29. The van der Waals surface area contributed by atoms with Gasteiger partial charge in [0.25, 0.3) is 0 Å². The van der Waals surface area contributed by atoms with Crippen molar-refractivity contribution in [3.05, 3.63) is 140 Å². The topological polar surface area (TPSA) is 4.41 Å². The molecule has 0 fully saturated rings. The second-order valence-corrected chi connectivity index (χ2v) is 9.72. The van der Waals surface area contributed by atoms with E-state index in [-0.39, 0.29) is 0 Å². The number of hydrogen-bond acceptors (Lipinski definition) is 0. The van der Waals surface area contributed by atoms with Crippen LogP contribution in [0.2, 0.25) is 0 Å². The van der Waals surface area contributed by atoms with Gasteiger partial charge in [-0.05, 0) is 44.8 Å². The van der Waals surface area contributed by atoms with Crippen LogP contribution in [0, 0.1) is 0 Å². The number of para-hydroxylation sites is 1. The zero-order valence-electron chi connectivity index (χ0n) is 20.2. The van der Waals surface area contributed by atoms with Crippen LogP contribution in [-0.2, 0) is 0 Å². The zero-order valence-corrected chi connectivity index (χ0v) is 20.2. The Hall–Kier alpha value is -4.88. The molecular formula is C36H23N. The van der Waals surface area contributed by atoms with Gasteiger partial charge >= 0.3 is 0 Å². The number of benzene rings is 6. The highest BCUT2D eigenvalue weighted by atomic mass is 14.9. The fourth-order valence-electron chi connectivity index (χ4n) is 6.21. The third kappa shape index (κ3) is 2.86. The van der Waals surface area contributed by atoms with Gasteiger partial charge in [0.1, 0.15) is 0 Å². The fourth-order valence-corrected chi connectivity index (χ4v) is 6.21. The van der Waals surface area contributed by atoms with Crippen molar-refractivity contribution in [3.8, 4) is 22.4 Å². The summed E-state index contributed by atoms with van der Waals surface area (Å²) in [5, 5.41) is 9.11.